The Morgan fingerprint density at radius 2 is 1.83 bits per heavy atom. The number of hydrogen-bond donors (Lipinski definition) is 2. The number of benzene rings is 1. The average molecular weight is 389 g/mol. The highest BCUT2D eigenvalue weighted by atomic mass is 16.2. The quantitative estimate of drug-likeness (QED) is 0.677. The van der Waals surface area contributed by atoms with Gasteiger partial charge in [0.1, 0.15) is 5.82 Å². The lowest BCUT2D eigenvalue weighted by atomic mass is 10.1. The zero-order valence-electron chi connectivity index (χ0n) is 16.4. The summed E-state index contributed by atoms with van der Waals surface area (Å²) >= 11 is 0. The summed E-state index contributed by atoms with van der Waals surface area (Å²) in [6.45, 7) is 1.89. The van der Waals surface area contributed by atoms with Crippen molar-refractivity contribution >= 4 is 17.5 Å². The summed E-state index contributed by atoms with van der Waals surface area (Å²) in [5, 5.41) is 6.01. The Hall–Kier alpha value is -3.48. The van der Waals surface area contributed by atoms with Gasteiger partial charge in [-0.15, -0.1) is 0 Å². The van der Waals surface area contributed by atoms with Gasteiger partial charge in [-0.05, 0) is 55.5 Å². The van der Waals surface area contributed by atoms with Crippen LogP contribution < -0.4 is 10.6 Å². The van der Waals surface area contributed by atoms with Crippen LogP contribution in [0, 0.1) is 12.8 Å². The Morgan fingerprint density at radius 3 is 2.48 bits per heavy atom. The van der Waals surface area contributed by atoms with Crippen molar-refractivity contribution in [3.63, 3.8) is 0 Å². The maximum atomic E-state index is 12.9. The number of carbonyl (C=O) groups is 2. The minimum absolute atomic E-state index is 0.112. The molecular formula is C22H23N5O2. The van der Waals surface area contributed by atoms with E-state index in [1.165, 1.54) is 0 Å². The molecular weight excluding hydrogens is 366 g/mol. The van der Waals surface area contributed by atoms with E-state index in [1.807, 2.05) is 30.8 Å². The average Bonchev–Trinajstić information content (AvgIpc) is 3.49. The number of carbonyl (C=O) groups excluding carboxylic acids is 2. The zero-order valence-corrected chi connectivity index (χ0v) is 16.4. The van der Waals surface area contributed by atoms with Gasteiger partial charge in [-0.25, -0.2) is 4.98 Å². The number of nitrogens with one attached hydrogen (secondary N) is 2. The van der Waals surface area contributed by atoms with Crippen molar-refractivity contribution in [2.75, 3.05) is 5.32 Å². The molecule has 3 aromatic rings. The highest BCUT2D eigenvalue weighted by molar-refractivity contribution is 6.05. The second kappa shape index (κ2) is 7.87. The fourth-order valence-corrected chi connectivity index (χ4v) is 3.32. The van der Waals surface area contributed by atoms with Gasteiger partial charge >= 0.3 is 0 Å². The van der Waals surface area contributed by atoms with Crippen molar-refractivity contribution in [1.82, 2.24) is 19.9 Å². The fourth-order valence-electron chi connectivity index (χ4n) is 3.32. The van der Waals surface area contributed by atoms with E-state index < -0.39 is 0 Å². The Balaban J connectivity index is 1.52. The van der Waals surface area contributed by atoms with Gasteiger partial charge in [-0.2, -0.15) is 0 Å². The maximum absolute atomic E-state index is 12.9. The number of anilines is 1. The van der Waals surface area contributed by atoms with E-state index in [0.717, 1.165) is 24.2 Å². The molecule has 1 aliphatic rings. The molecule has 1 unspecified atom stereocenters. The number of nitrogens with zero attached hydrogens (tertiary/aromatic N) is 3. The van der Waals surface area contributed by atoms with Crippen LogP contribution in [0.5, 0.6) is 0 Å². The number of hydrogen-bond acceptors (Lipinski definition) is 4. The molecule has 1 fully saturated rings. The third-order valence-electron chi connectivity index (χ3n) is 5.21. The SMILES string of the molecule is Cc1ccc(C(=O)NC(c2nccn2C)C2CC2)cc1NC(=O)c1ccncc1. The molecule has 0 bridgehead atoms. The molecule has 1 saturated carbocycles. The fraction of sp³-hybridized carbons (Fsp3) is 0.273. The number of amides is 2. The smallest absolute Gasteiger partial charge is 0.255 e. The first-order valence-corrected chi connectivity index (χ1v) is 9.63. The van der Waals surface area contributed by atoms with E-state index in [9.17, 15) is 9.59 Å². The molecule has 2 aromatic heterocycles. The summed E-state index contributed by atoms with van der Waals surface area (Å²) in [6.07, 6.45) is 8.94. The van der Waals surface area contributed by atoms with Crippen LogP contribution in [0.1, 0.15) is 51.0 Å². The standard InChI is InChI=1S/C22H23N5O2/c1-14-3-4-17(13-18(14)25-21(28)16-7-9-23-10-8-16)22(29)26-19(15-5-6-15)20-24-11-12-27(20)2/h3-4,7-13,15,19H,5-6H2,1-2H3,(H,25,28)(H,26,29). The van der Waals surface area contributed by atoms with Gasteiger partial charge in [-0.1, -0.05) is 6.07 Å². The first-order valence-electron chi connectivity index (χ1n) is 9.63. The van der Waals surface area contributed by atoms with Gasteiger partial charge in [0.15, 0.2) is 0 Å². The van der Waals surface area contributed by atoms with E-state index in [2.05, 4.69) is 20.6 Å². The van der Waals surface area contributed by atoms with Gasteiger partial charge in [0.2, 0.25) is 0 Å². The van der Waals surface area contributed by atoms with Crippen LogP contribution in [0.15, 0.2) is 55.1 Å². The topological polar surface area (TPSA) is 88.9 Å². The summed E-state index contributed by atoms with van der Waals surface area (Å²) in [7, 11) is 1.93. The molecule has 0 saturated heterocycles. The largest absolute Gasteiger partial charge is 0.342 e. The van der Waals surface area contributed by atoms with Crippen molar-refractivity contribution in [3.8, 4) is 0 Å². The van der Waals surface area contributed by atoms with Crippen LogP contribution in [-0.4, -0.2) is 26.3 Å². The number of imidazole rings is 1. The second-order valence-electron chi connectivity index (χ2n) is 7.40. The molecule has 4 rings (SSSR count). The van der Waals surface area contributed by atoms with Crippen molar-refractivity contribution in [2.24, 2.45) is 13.0 Å². The van der Waals surface area contributed by atoms with Gasteiger partial charge in [0.05, 0.1) is 6.04 Å². The first-order chi connectivity index (χ1) is 14.0. The highest BCUT2D eigenvalue weighted by Crippen LogP contribution is 2.40. The summed E-state index contributed by atoms with van der Waals surface area (Å²) in [5.74, 6) is 0.858. The predicted octanol–water partition coefficient (Wildman–Crippen LogP) is 3.26. The van der Waals surface area contributed by atoms with Crippen LogP contribution >= 0.6 is 0 Å². The van der Waals surface area contributed by atoms with E-state index in [-0.39, 0.29) is 17.9 Å². The van der Waals surface area contributed by atoms with Crippen molar-refractivity contribution in [1.29, 1.82) is 0 Å². The second-order valence-corrected chi connectivity index (χ2v) is 7.40. The summed E-state index contributed by atoms with van der Waals surface area (Å²) < 4.78 is 1.94. The molecule has 2 amide bonds. The number of aromatic nitrogens is 3. The van der Waals surface area contributed by atoms with Gasteiger partial charge in [-0.3, -0.25) is 14.6 Å². The van der Waals surface area contributed by atoms with E-state index >= 15 is 0 Å². The minimum atomic E-state index is -0.239. The molecule has 7 heteroatoms. The Morgan fingerprint density at radius 1 is 1.07 bits per heavy atom. The molecule has 0 radical (unpaired) electrons. The molecule has 1 aromatic carbocycles. The summed E-state index contributed by atoms with van der Waals surface area (Å²) in [6, 6.07) is 8.51. The van der Waals surface area contributed by atoms with E-state index in [1.54, 1.807) is 42.9 Å². The molecule has 29 heavy (non-hydrogen) atoms. The van der Waals surface area contributed by atoms with E-state index in [0.29, 0.717) is 22.7 Å². The monoisotopic (exact) mass is 389 g/mol. The number of rotatable bonds is 6. The van der Waals surface area contributed by atoms with Crippen molar-refractivity contribution in [3.05, 3.63) is 77.6 Å². The molecule has 1 atom stereocenters. The van der Waals surface area contributed by atoms with Crippen LogP contribution in [0.3, 0.4) is 0 Å². The third kappa shape index (κ3) is 4.18. The van der Waals surface area contributed by atoms with Gasteiger partial charge in [0, 0.05) is 48.6 Å². The molecule has 2 N–H and O–H groups in total. The van der Waals surface area contributed by atoms with Crippen LogP contribution in [0.25, 0.3) is 0 Å². The van der Waals surface area contributed by atoms with Crippen molar-refractivity contribution in [2.45, 2.75) is 25.8 Å². The minimum Gasteiger partial charge on any atom is -0.342 e. The molecule has 0 aliphatic heterocycles. The zero-order chi connectivity index (χ0) is 20.4. The Kier molecular flexibility index (Phi) is 5.12. The van der Waals surface area contributed by atoms with Crippen LogP contribution in [0.4, 0.5) is 5.69 Å². The molecule has 148 valence electrons. The third-order valence-corrected chi connectivity index (χ3v) is 5.21. The van der Waals surface area contributed by atoms with Gasteiger partial charge < -0.3 is 15.2 Å². The molecule has 1 aliphatic carbocycles. The van der Waals surface area contributed by atoms with Crippen LogP contribution in [0.2, 0.25) is 0 Å². The van der Waals surface area contributed by atoms with Crippen molar-refractivity contribution < 1.29 is 9.59 Å². The maximum Gasteiger partial charge on any atom is 0.255 e. The van der Waals surface area contributed by atoms with E-state index in [4.69, 9.17) is 0 Å². The molecule has 2 heterocycles. The highest BCUT2D eigenvalue weighted by Gasteiger charge is 2.35. The predicted molar refractivity (Wildman–Crippen MR) is 110 cm³/mol. The Bertz CT molecular complexity index is 1040. The van der Waals surface area contributed by atoms with Gasteiger partial charge in [0.25, 0.3) is 11.8 Å². The lowest BCUT2D eigenvalue weighted by Crippen LogP contribution is -2.31. The summed E-state index contributed by atoms with van der Waals surface area (Å²) in [4.78, 5) is 33.7. The van der Waals surface area contributed by atoms with Crippen LogP contribution in [-0.2, 0) is 7.05 Å². The lowest BCUT2D eigenvalue weighted by molar-refractivity contribution is 0.0928. The number of aryl methyl sites for hydroxylation is 2. The molecule has 7 nitrogen and oxygen atoms in total. The Labute approximate surface area is 169 Å². The normalized spacial score (nSPS) is 14.3. The number of pyridine rings is 1. The first kappa shape index (κ1) is 18.9. The lowest BCUT2D eigenvalue weighted by Gasteiger charge is -2.19. The molecule has 0 spiro atoms. The summed E-state index contributed by atoms with van der Waals surface area (Å²) in [5.41, 5.74) is 2.50.